The number of rotatable bonds is 11. The molecule has 2 rings (SSSR count). The summed E-state index contributed by atoms with van der Waals surface area (Å²) in [6.07, 6.45) is 1.46. The van der Waals surface area contributed by atoms with E-state index >= 15 is 0 Å². The fourth-order valence-corrected chi connectivity index (χ4v) is 5.11. The molecule has 33 heavy (non-hydrogen) atoms. The predicted molar refractivity (Wildman–Crippen MR) is 135 cm³/mol. The van der Waals surface area contributed by atoms with E-state index in [1.165, 1.54) is 5.56 Å². The minimum atomic E-state index is -3.53. The van der Waals surface area contributed by atoms with Crippen LogP contribution in [0.2, 0.25) is 0 Å². The zero-order valence-electron chi connectivity index (χ0n) is 19.7. The molecule has 2 aromatic carbocycles. The number of benzene rings is 2. The Morgan fingerprint density at radius 1 is 1.03 bits per heavy atom. The van der Waals surface area contributed by atoms with Gasteiger partial charge in [-0.05, 0) is 86.4 Å². The van der Waals surface area contributed by atoms with E-state index in [2.05, 4.69) is 43.0 Å². The van der Waals surface area contributed by atoms with Crippen molar-refractivity contribution in [3.63, 3.8) is 0 Å². The molecule has 0 aliphatic rings. The molecule has 2 N–H and O–H groups in total. The number of aryl methyl sites for hydroxylation is 1. The van der Waals surface area contributed by atoms with Gasteiger partial charge in [-0.15, -0.1) is 0 Å². The number of likely N-dealkylation sites (N-methyl/N-ethyl adjacent to an activating group) is 1. The summed E-state index contributed by atoms with van der Waals surface area (Å²) in [5.41, 5.74) is 1.72. The molecule has 0 atom stereocenters. The lowest BCUT2D eigenvalue weighted by molar-refractivity contribution is 0.0523. The van der Waals surface area contributed by atoms with Crippen LogP contribution in [0.4, 0.5) is 4.79 Å². The number of carbonyl (C=O) groups excluding carboxylic acids is 1. The minimum absolute atomic E-state index is 0.248. The normalized spacial score (nSPS) is 12.1. The topological polar surface area (TPSA) is 87.7 Å². The summed E-state index contributed by atoms with van der Waals surface area (Å²) in [5, 5.41) is 2.76. The highest BCUT2D eigenvalue weighted by Crippen LogP contribution is 2.20. The molecule has 0 aromatic heterocycles. The third-order valence-electron chi connectivity index (χ3n) is 4.78. The van der Waals surface area contributed by atoms with Gasteiger partial charge in [-0.1, -0.05) is 36.4 Å². The molecule has 0 saturated carbocycles. The summed E-state index contributed by atoms with van der Waals surface area (Å²) in [7, 11) is -1.55. The van der Waals surface area contributed by atoms with Crippen LogP contribution in [0, 0.1) is 0 Å². The minimum Gasteiger partial charge on any atom is -0.444 e. The molecular weight excluding hydrogens is 506 g/mol. The number of alkyl carbamates (subject to hydrolysis) is 1. The number of halogens is 1. The van der Waals surface area contributed by atoms with Crippen LogP contribution in [0.25, 0.3) is 0 Å². The van der Waals surface area contributed by atoms with Gasteiger partial charge in [0.15, 0.2) is 0 Å². The number of nitrogens with one attached hydrogen (secondary N) is 2. The summed E-state index contributed by atoms with van der Waals surface area (Å²) in [6.45, 7) is 7.76. The lowest BCUT2D eigenvalue weighted by Crippen LogP contribution is -2.33. The van der Waals surface area contributed by atoms with E-state index in [9.17, 15) is 13.2 Å². The van der Waals surface area contributed by atoms with Crippen molar-refractivity contribution in [3.8, 4) is 0 Å². The SMILES string of the molecule is CN(CCCc1ccc(CNC(=O)OC(C)(C)C)cc1)CCNS(=O)(=O)c1ccccc1Br. The molecule has 1 amide bonds. The van der Waals surface area contributed by atoms with Crippen LogP contribution >= 0.6 is 15.9 Å². The first-order valence-electron chi connectivity index (χ1n) is 10.9. The summed E-state index contributed by atoms with van der Waals surface area (Å²) < 4.78 is 33.3. The largest absolute Gasteiger partial charge is 0.444 e. The Morgan fingerprint density at radius 2 is 1.67 bits per heavy atom. The summed E-state index contributed by atoms with van der Waals surface area (Å²) in [6, 6.07) is 14.9. The monoisotopic (exact) mass is 539 g/mol. The van der Waals surface area contributed by atoms with Crippen LogP contribution < -0.4 is 10.0 Å². The summed E-state index contributed by atoms with van der Waals surface area (Å²) in [5.74, 6) is 0. The molecule has 7 nitrogen and oxygen atoms in total. The summed E-state index contributed by atoms with van der Waals surface area (Å²) >= 11 is 3.29. The average molecular weight is 541 g/mol. The van der Waals surface area contributed by atoms with E-state index in [0.29, 0.717) is 24.1 Å². The maximum Gasteiger partial charge on any atom is 0.407 e. The molecule has 182 valence electrons. The third-order valence-corrected chi connectivity index (χ3v) is 7.25. The van der Waals surface area contributed by atoms with Crippen LogP contribution in [0.1, 0.15) is 38.3 Å². The molecule has 0 fully saturated rings. The lowest BCUT2D eigenvalue weighted by Gasteiger charge is -2.19. The van der Waals surface area contributed by atoms with Gasteiger partial charge in [0.2, 0.25) is 10.0 Å². The number of hydrogen-bond donors (Lipinski definition) is 2. The van der Waals surface area contributed by atoms with Gasteiger partial charge in [-0.25, -0.2) is 17.9 Å². The van der Waals surface area contributed by atoms with E-state index in [-0.39, 0.29) is 4.90 Å². The highest BCUT2D eigenvalue weighted by molar-refractivity contribution is 9.10. The van der Waals surface area contributed by atoms with Crippen molar-refractivity contribution in [3.05, 3.63) is 64.1 Å². The van der Waals surface area contributed by atoms with Crippen LogP contribution in [0.3, 0.4) is 0 Å². The Labute approximate surface area is 206 Å². The maximum absolute atomic E-state index is 12.4. The number of sulfonamides is 1. The molecule has 0 heterocycles. The number of hydrogen-bond acceptors (Lipinski definition) is 5. The van der Waals surface area contributed by atoms with E-state index in [1.807, 2.05) is 40.0 Å². The van der Waals surface area contributed by atoms with E-state index in [1.54, 1.807) is 24.3 Å². The quantitative estimate of drug-likeness (QED) is 0.444. The van der Waals surface area contributed by atoms with Gasteiger partial charge in [0.1, 0.15) is 5.60 Å². The molecule has 0 aliphatic heterocycles. The van der Waals surface area contributed by atoms with Gasteiger partial charge in [0.25, 0.3) is 0 Å². The van der Waals surface area contributed by atoms with Gasteiger partial charge in [0.05, 0.1) is 4.90 Å². The van der Waals surface area contributed by atoms with Crippen molar-refractivity contribution in [2.75, 3.05) is 26.7 Å². The summed E-state index contributed by atoms with van der Waals surface area (Å²) in [4.78, 5) is 14.1. The van der Waals surface area contributed by atoms with Crippen molar-refractivity contribution in [2.24, 2.45) is 0 Å². The predicted octanol–water partition coefficient (Wildman–Crippen LogP) is 4.32. The molecule has 0 aliphatic carbocycles. The van der Waals surface area contributed by atoms with E-state index in [0.717, 1.165) is 24.9 Å². The molecule has 0 spiro atoms. The van der Waals surface area contributed by atoms with Crippen molar-refractivity contribution in [1.82, 2.24) is 14.9 Å². The lowest BCUT2D eigenvalue weighted by atomic mass is 10.1. The highest BCUT2D eigenvalue weighted by atomic mass is 79.9. The van der Waals surface area contributed by atoms with Gasteiger partial charge in [-0.3, -0.25) is 0 Å². The zero-order chi connectivity index (χ0) is 24.5. The van der Waals surface area contributed by atoms with Gasteiger partial charge < -0.3 is 15.0 Å². The van der Waals surface area contributed by atoms with Crippen molar-refractivity contribution in [1.29, 1.82) is 0 Å². The van der Waals surface area contributed by atoms with Crippen molar-refractivity contribution in [2.45, 2.75) is 50.7 Å². The van der Waals surface area contributed by atoms with Gasteiger partial charge in [-0.2, -0.15) is 0 Å². The Kier molecular flexibility index (Phi) is 10.3. The van der Waals surface area contributed by atoms with Crippen molar-refractivity contribution < 1.29 is 17.9 Å². The highest BCUT2D eigenvalue weighted by Gasteiger charge is 2.17. The van der Waals surface area contributed by atoms with Crippen molar-refractivity contribution >= 4 is 32.0 Å². The Hall–Kier alpha value is -1.94. The smallest absolute Gasteiger partial charge is 0.407 e. The van der Waals surface area contributed by atoms with Crippen LogP contribution in [-0.2, 0) is 27.7 Å². The van der Waals surface area contributed by atoms with Crippen LogP contribution in [0.5, 0.6) is 0 Å². The first kappa shape index (κ1) is 27.3. The Bertz CT molecular complexity index is 1010. The number of nitrogens with zero attached hydrogens (tertiary/aromatic N) is 1. The molecule has 2 aromatic rings. The van der Waals surface area contributed by atoms with E-state index in [4.69, 9.17) is 4.74 Å². The molecule has 0 radical (unpaired) electrons. The maximum atomic E-state index is 12.4. The standard InChI is InChI=1S/C24H34BrN3O4S/c1-24(2,3)32-23(29)26-18-20-13-11-19(12-14-20)8-7-16-28(4)17-15-27-33(30,31)22-10-6-5-9-21(22)25/h5-6,9-14,27H,7-8,15-18H2,1-4H3,(H,26,29). The second-order valence-electron chi connectivity index (χ2n) is 8.91. The molecule has 0 bridgehead atoms. The van der Waals surface area contributed by atoms with E-state index < -0.39 is 21.7 Å². The molecule has 9 heteroatoms. The fourth-order valence-electron chi connectivity index (χ4n) is 3.09. The second-order valence-corrected chi connectivity index (χ2v) is 11.5. The van der Waals surface area contributed by atoms with Crippen LogP contribution in [-0.4, -0.2) is 51.7 Å². The van der Waals surface area contributed by atoms with Gasteiger partial charge >= 0.3 is 6.09 Å². The molecule has 0 unspecified atom stereocenters. The Morgan fingerprint density at radius 3 is 2.30 bits per heavy atom. The molecule has 0 saturated heterocycles. The second kappa shape index (κ2) is 12.5. The first-order chi connectivity index (χ1) is 15.5. The number of amides is 1. The fraction of sp³-hybridized carbons (Fsp3) is 0.458. The van der Waals surface area contributed by atoms with Crippen LogP contribution in [0.15, 0.2) is 57.9 Å². The Balaban J connectivity index is 1.67. The molecular formula is C24H34BrN3O4S. The average Bonchev–Trinajstić information content (AvgIpc) is 2.72. The third kappa shape index (κ3) is 10.2. The number of ether oxygens (including phenoxy) is 1. The number of carbonyl (C=O) groups is 1. The zero-order valence-corrected chi connectivity index (χ0v) is 22.1. The first-order valence-corrected chi connectivity index (χ1v) is 13.2. The van der Waals surface area contributed by atoms with Gasteiger partial charge in [0, 0.05) is 24.1 Å².